The Labute approximate surface area is 121 Å². The largest absolute Gasteiger partial charge is 0.154 e. The highest BCUT2D eigenvalue weighted by Gasteiger charge is 2.20. The minimum absolute atomic E-state index is 0.424. The Hall–Kier alpha value is -1.44. The number of nitrogens with zero attached hydrogens (tertiary/aromatic N) is 2. The summed E-state index contributed by atoms with van der Waals surface area (Å²) in [6.07, 6.45) is 5.06. The van der Waals surface area contributed by atoms with Gasteiger partial charge in [-0.15, -0.1) is 0 Å². The molecule has 2 heteroatoms. The summed E-state index contributed by atoms with van der Waals surface area (Å²) in [5, 5.41) is 11.9. The summed E-state index contributed by atoms with van der Waals surface area (Å²) in [4.78, 5) is 0. The van der Waals surface area contributed by atoms with Crippen molar-refractivity contribution in [3.63, 3.8) is 0 Å². The van der Waals surface area contributed by atoms with Crippen LogP contribution in [0.5, 0.6) is 0 Å². The van der Waals surface area contributed by atoms with Gasteiger partial charge in [0.2, 0.25) is 0 Å². The zero-order chi connectivity index (χ0) is 14.3. The maximum absolute atomic E-state index is 4.59. The van der Waals surface area contributed by atoms with Crippen LogP contribution >= 0.6 is 0 Å². The lowest BCUT2D eigenvalue weighted by Crippen LogP contribution is -2.09. The molecule has 1 aliphatic carbocycles. The molecule has 1 aromatic carbocycles. The first-order valence-corrected chi connectivity index (χ1v) is 7.90. The third-order valence-electron chi connectivity index (χ3n) is 4.42. The van der Waals surface area contributed by atoms with Crippen LogP contribution in [0.2, 0.25) is 0 Å². The molecule has 0 spiro atoms. The van der Waals surface area contributed by atoms with Crippen molar-refractivity contribution >= 4 is 10.8 Å². The molecular formula is C18H24N2. The van der Waals surface area contributed by atoms with Gasteiger partial charge < -0.3 is 0 Å². The molecule has 0 radical (unpaired) electrons. The van der Waals surface area contributed by atoms with Crippen LogP contribution in [-0.2, 0) is 12.8 Å². The van der Waals surface area contributed by atoms with E-state index in [9.17, 15) is 0 Å². The van der Waals surface area contributed by atoms with Crippen molar-refractivity contribution in [2.24, 2.45) is 0 Å². The SMILES string of the molecule is CC(C)c1nnc(C(C)C)c2c3c(ccc12)CCCC3. The van der Waals surface area contributed by atoms with Crippen molar-refractivity contribution in [2.75, 3.05) is 0 Å². The van der Waals surface area contributed by atoms with Crippen LogP contribution in [0.25, 0.3) is 10.8 Å². The van der Waals surface area contributed by atoms with Gasteiger partial charge in [-0.05, 0) is 48.6 Å². The second kappa shape index (κ2) is 5.16. The minimum Gasteiger partial charge on any atom is -0.154 e. The van der Waals surface area contributed by atoms with Crippen molar-refractivity contribution in [2.45, 2.75) is 65.2 Å². The number of aromatic nitrogens is 2. The molecule has 1 aliphatic rings. The van der Waals surface area contributed by atoms with E-state index in [1.807, 2.05) is 0 Å². The Balaban J connectivity index is 2.38. The molecule has 106 valence electrons. The fourth-order valence-electron chi connectivity index (χ4n) is 3.38. The monoisotopic (exact) mass is 268 g/mol. The second-order valence-electron chi connectivity index (χ2n) is 6.61. The normalized spacial score (nSPS) is 15.1. The highest BCUT2D eigenvalue weighted by atomic mass is 15.1. The second-order valence-corrected chi connectivity index (χ2v) is 6.61. The average Bonchev–Trinajstić information content (AvgIpc) is 2.45. The summed E-state index contributed by atoms with van der Waals surface area (Å²) in [5.41, 5.74) is 5.42. The molecule has 0 bridgehead atoms. The molecule has 0 aliphatic heterocycles. The smallest absolute Gasteiger partial charge is 0.0737 e. The molecule has 20 heavy (non-hydrogen) atoms. The van der Waals surface area contributed by atoms with Gasteiger partial charge >= 0.3 is 0 Å². The summed E-state index contributed by atoms with van der Waals surface area (Å²) < 4.78 is 0. The zero-order valence-electron chi connectivity index (χ0n) is 13.0. The van der Waals surface area contributed by atoms with Gasteiger partial charge in [0.25, 0.3) is 0 Å². The summed E-state index contributed by atoms with van der Waals surface area (Å²) in [5.74, 6) is 0.854. The van der Waals surface area contributed by atoms with Gasteiger partial charge in [0.1, 0.15) is 0 Å². The van der Waals surface area contributed by atoms with Crippen LogP contribution in [0, 0.1) is 0 Å². The van der Waals surface area contributed by atoms with Crippen LogP contribution < -0.4 is 0 Å². The fourth-order valence-corrected chi connectivity index (χ4v) is 3.38. The number of rotatable bonds is 2. The van der Waals surface area contributed by atoms with Gasteiger partial charge in [-0.2, -0.15) is 10.2 Å². The number of fused-ring (bicyclic) bond motifs is 3. The third-order valence-corrected chi connectivity index (χ3v) is 4.42. The molecule has 0 unspecified atom stereocenters. The minimum atomic E-state index is 0.424. The van der Waals surface area contributed by atoms with Crippen molar-refractivity contribution in [3.8, 4) is 0 Å². The average molecular weight is 268 g/mol. The maximum atomic E-state index is 4.59. The molecule has 2 aromatic rings. The maximum Gasteiger partial charge on any atom is 0.0737 e. The van der Waals surface area contributed by atoms with Crippen LogP contribution in [0.3, 0.4) is 0 Å². The van der Waals surface area contributed by atoms with Crippen LogP contribution in [0.1, 0.15) is 74.9 Å². The van der Waals surface area contributed by atoms with E-state index in [4.69, 9.17) is 0 Å². The standard InChI is InChI=1S/C18H24N2/c1-11(2)17-15-10-9-13-7-5-6-8-14(13)16(15)18(12(3)4)20-19-17/h9-12H,5-8H2,1-4H3. The van der Waals surface area contributed by atoms with E-state index in [1.165, 1.54) is 47.7 Å². The van der Waals surface area contributed by atoms with E-state index in [-0.39, 0.29) is 0 Å². The summed E-state index contributed by atoms with van der Waals surface area (Å²) >= 11 is 0. The molecule has 0 saturated carbocycles. The van der Waals surface area contributed by atoms with E-state index in [1.54, 1.807) is 5.56 Å². The quantitative estimate of drug-likeness (QED) is 0.785. The van der Waals surface area contributed by atoms with E-state index < -0.39 is 0 Å². The zero-order valence-corrected chi connectivity index (χ0v) is 13.0. The molecule has 0 fully saturated rings. The van der Waals surface area contributed by atoms with Gasteiger partial charge in [0, 0.05) is 10.8 Å². The van der Waals surface area contributed by atoms with Crippen LogP contribution in [0.4, 0.5) is 0 Å². The Kier molecular flexibility index (Phi) is 3.49. The number of aryl methyl sites for hydroxylation is 2. The van der Waals surface area contributed by atoms with E-state index in [0.717, 1.165) is 5.69 Å². The van der Waals surface area contributed by atoms with E-state index >= 15 is 0 Å². The van der Waals surface area contributed by atoms with E-state index in [2.05, 4.69) is 50.0 Å². The number of hydrogen-bond donors (Lipinski definition) is 0. The lowest BCUT2D eigenvalue weighted by atomic mass is 9.85. The predicted molar refractivity (Wildman–Crippen MR) is 84.4 cm³/mol. The molecule has 0 atom stereocenters. The Morgan fingerprint density at radius 3 is 2.20 bits per heavy atom. The van der Waals surface area contributed by atoms with Crippen molar-refractivity contribution in [1.29, 1.82) is 0 Å². The van der Waals surface area contributed by atoms with Crippen LogP contribution in [-0.4, -0.2) is 10.2 Å². The highest BCUT2D eigenvalue weighted by Crippen LogP contribution is 2.35. The molecule has 1 aromatic heterocycles. The predicted octanol–water partition coefficient (Wildman–Crippen LogP) is 4.76. The third kappa shape index (κ3) is 2.11. The van der Waals surface area contributed by atoms with Gasteiger partial charge in [-0.3, -0.25) is 0 Å². The lowest BCUT2D eigenvalue weighted by molar-refractivity contribution is 0.685. The summed E-state index contributed by atoms with van der Waals surface area (Å²) in [7, 11) is 0. The topological polar surface area (TPSA) is 25.8 Å². The first kappa shape index (κ1) is 13.5. The first-order chi connectivity index (χ1) is 9.59. The molecule has 1 heterocycles. The lowest BCUT2D eigenvalue weighted by Gasteiger charge is -2.22. The summed E-state index contributed by atoms with van der Waals surface area (Å²) in [6, 6.07) is 4.61. The molecule has 3 rings (SSSR count). The number of benzene rings is 1. The molecular weight excluding hydrogens is 244 g/mol. The van der Waals surface area contributed by atoms with Crippen molar-refractivity contribution in [1.82, 2.24) is 10.2 Å². The molecule has 0 amide bonds. The Morgan fingerprint density at radius 2 is 1.50 bits per heavy atom. The van der Waals surface area contributed by atoms with Gasteiger partial charge in [0.15, 0.2) is 0 Å². The Bertz CT molecular complexity index is 641. The van der Waals surface area contributed by atoms with E-state index in [0.29, 0.717) is 11.8 Å². The van der Waals surface area contributed by atoms with Gasteiger partial charge in [-0.25, -0.2) is 0 Å². The Morgan fingerprint density at radius 1 is 0.850 bits per heavy atom. The molecule has 0 saturated heterocycles. The fraction of sp³-hybridized carbons (Fsp3) is 0.556. The highest BCUT2D eigenvalue weighted by molar-refractivity contribution is 5.91. The van der Waals surface area contributed by atoms with Crippen LogP contribution in [0.15, 0.2) is 12.1 Å². The van der Waals surface area contributed by atoms with Crippen molar-refractivity contribution in [3.05, 3.63) is 34.6 Å². The number of hydrogen-bond acceptors (Lipinski definition) is 2. The first-order valence-electron chi connectivity index (χ1n) is 7.90. The van der Waals surface area contributed by atoms with Gasteiger partial charge in [0.05, 0.1) is 11.4 Å². The van der Waals surface area contributed by atoms with Crippen molar-refractivity contribution < 1.29 is 0 Å². The van der Waals surface area contributed by atoms with Gasteiger partial charge in [-0.1, -0.05) is 39.8 Å². The molecule has 0 N–H and O–H groups in total. The summed E-state index contributed by atoms with van der Waals surface area (Å²) in [6.45, 7) is 8.86. The molecule has 2 nitrogen and oxygen atoms in total.